The Morgan fingerprint density at radius 1 is 1.03 bits per heavy atom. The third-order valence-electron chi connectivity index (χ3n) is 5.64. The van der Waals surface area contributed by atoms with E-state index in [-0.39, 0.29) is 18.4 Å². The number of hydrogen-bond acceptors (Lipinski definition) is 8. The molecular weight excluding hydrogens is 514 g/mol. The molecule has 4 rings (SSSR count). The number of esters is 1. The number of nitrogens with zero attached hydrogens (tertiary/aromatic N) is 1. The fourth-order valence-corrected chi connectivity index (χ4v) is 5.40. The van der Waals surface area contributed by atoms with Gasteiger partial charge in [-0.1, -0.05) is 25.1 Å². The number of thiophene rings is 2. The van der Waals surface area contributed by atoms with Gasteiger partial charge >= 0.3 is 5.97 Å². The number of H-pyrrole nitrogens is 1. The summed E-state index contributed by atoms with van der Waals surface area (Å²) in [6.07, 6.45) is 2.22. The largest absolute Gasteiger partial charge is 0.467 e. The zero-order chi connectivity index (χ0) is 26.4. The van der Waals surface area contributed by atoms with E-state index in [1.807, 2.05) is 25.1 Å². The summed E-state index contributed by atoms with van der Waals surface area (Å²) >= 11 is 2.31. The number of ether oxygens (including phenoxy) is 1. The molecule has 4 N–H and O–H groups in total. The summed E-state index contributed by atoms with van der Waals surface area (Å²) in [6.45, 7) is 2.03. The molecule has 4 aromatic rings. The van der Waals surface area contributed by atoms with Gasteiger partial charge in [-0.25, -0.2) is 4.79 Å². The Labute approximate surface area is 220 Å². The van der Waals surface area contributed by atoms with Gasteiger partial charge < -0.3 is 20.7 Å². The van der Waals surface area contributed by atoms with Crippen molar-refractivity contribution in [3.63, 3.8) is 0 Å². The molecule has 3 aromatic heterocycles. The van der Waals surface area contributed by atoms with Gasteiger partial charge in [0.15, 0.2) is 0 Å². The SMILES string of the molecule is CCc1cc(C(=O)NCc2cccc3[nH]ncc23)sc1C(=O)N[C@@H](CNC(=O)c1cccs1)C(=O)OC. The highest BCUT2D eigenvalue weighted by molar-refractivity contribution is 7.16. The van der Waals surface area contributed by atoms with Crippen molar-refractivity contribution in [1.29, 1.82) is 0 Å². The molecule has 0 aliphatic heterocycles. The Morgan fingerprint density at radius 3 is 2.57 bits per heavy atom. The van der Waals surface area contributed by atoms with Gasteiger partial charge in [0, 0.05) is 18.5 Å². The Hall–Kier alpha value is -4.03. The lowest BCUT2D eigenvalue weighted by molar-refractivity contribution is -0.142. The van der Waals surface area contributed by atoms with Crippen LogP contribution in [0.2, 0.25) is 0 Å². The third-order valence-corrected chi connectivity index (χ3v) is 7.68. The lowest BCUT2D eigenvalue weighted by Crippen LogP contribution is -2.48. The van der Waals surface area contributed by atoms with E-state index < -0.39 is 17.9 Å². The number of methoxy groups -OCH3 is 1. The summed E-state index contributed by atoms with van der Waals surface area (Å²) in [5, 5.41) is 17.8. The second kappa shape index (κ2) is 11.8. The maximum Gasteiger partial charge on any atom is 0.330 e. The topological polar surface area (TPSA) is 142 Å². The molecule has 10 nitrogen and oxygen atoms in total. The van der Waals surface area contributed by atoms with Gasteiger partial charge in [-0.3, -0.25) is 19.5 Å². The van der Waals surface area contributed by atoms with E-state index in [0.29, 0.717) is 33.2 Å². The maximum atomic E-state index is 13.1. The molecule has 1 atom stereocenters. The molecule has 0 unspecified atom stereocenters. The normalized spacial score (nSPS) is 11.6. The molecule has 0 aliphatic rings. The average molecular weight is 540 g/mol. The number of benzene rings is 1. The number of aromatic amines is 1. The summed E-state index contributed by atoms with van der Waals surface area (Å²) in [6, 6.07) is 9.68. The standard InChI is InChI=1S/C25H25N5O5S2/c1-3-14-10-20(23(32)26-11-15-6-4-7-17-16(15)12-28-30-17)37-21(14)24(33)29-18(25(34)35-2)13-27-22(31)19-8-5-9-36-19/h4-10,12,18H,3,11,13H2,1-2H3,(H,26,32)(H,27,31)(H,28,30)(H,29,33)/t18-/m0/s1. The second-order valence-electron chi connectivity index (χ2n) is 7.99. The minimum atomic E-state index is -1.10. The van der Waals surface area contributed by atoms with Gasteiger partial charge in [-0.2, -0.15) is 5.10 Å². The number of carbonyl (C=O) groups excluding carboxylic acids is 4. The molecule has 1 aromatic carbocycles. The molecule has 0 fully saturated rings. The monoisotopic (exact) mass is 539 g/mol. The van der Waals surface area contributed by atoms with Crippen LogP contribution in [0.1, 0.15) is 47.1 Å². The quantitative estimate of drug-likeness (QED) is 0.228. The van der Waals surface area contributed by atoms with Crippen molar-refractivity contribution in [2.45, 2.75) is 25.9 Å². The van der Waals surface area contributed by atoms with Gasteiger partial charge in [0.25, 0.3) is 17.7 Å². The number of nitrogens with one attached hydrogen (secondary N) is 4. The predicted octanol–water partition coefficient (Wildman–Crippen LogP) is 2.88. The zero-order valence-corrected chi connectivity index (χ0v) is 21.8. The number of hydrogen-bond donors (Lipinski definition) is 4. The first-order valence-electron chi connectivity index (χ1n) is 11.4. The van der Waals surface area contributed by atoms with Crippen molar-refractivity contribution >= 4 is 57.3 Å². The molecule has 0 saturated carbocycles. The minimum absolute atomic E-state index is 0.144. The minimum Gasteiger partial charge on any atom is -0.467 e. The average Bonchev–Trinajstić information content (AvgIpc) is 3.69. The fraction of sp³-hybridized carbons (Fsp3) is 0.240. The van der Waals surface area contributed by atoms with E-state index in [4.69, 9.17) is 4.74 Å². The maximum absolute atomic E-state index is 13.1. The van der Waals surface area contributed by atoms with Crippen LogP contribution in [0.4, 0.5) is 0 Å². The van der Waals surface area contributed by atoms with Crippen LogP contribution in [-0.4, -0.2) is 53.6 Å². The van der Waals surface area contributed by atoms with Crippen molar-refractivity contribution in [2.24, 2.45) is 0 Å². The van der Waals surface area contributed by atoms with E-state index in [1.165, 1.54) is 18.4 Å². The van der Waals surface area contributed by atoms with Gasteiger partial charge in [0.1, 0.15) is 6.04 Å². The first-order chi connectivity index (χ1) is 17.9. The van der Waals surface area contributed by atoms with Crippen molar-refractivity contribution in [3.8, 4) is 0 Å². The van der Waals surface area contributed by atoms with Crippen LogP contribution < -0.4 is 16.0 Å². The third kappa shape index (κ3) is 6.04. The van der Waals surface area contributed by atoms with Gasteiger partial charge in [0.05, 0.1) is 33.5 Å². The summed E-state index contributed by atoms with van der Waals surface area (Å²) in [4.78, 5) is 51.7. The van der Waals surface area contributed by atoms with E-state index in [0.717, 1.165) is 27.8 Å². The number of aryl methyl sites for hydroxylation is 1. The van der Waals surface area contributed by atoms with E-state index in [2.05, 4.69) is 26.1 Å². The fourth-order valence-electron chi connectivity index (χ4n) is 3.69. The molecule has 0 bridgehead atoms. The molecule has 0 spiro atoms. The van der Waals surface area contributed by atoms with Crippen LogP contribution in [-0.2, 0) is 22.5 Å². The van der Waals surface area contributed by atoms with Crippen LogP contribution in [0.15, 0.2) is 48.0 Å². The second-order valence-corrected chi connectivity index (χ2v) is 9.99. The molecule has 192 valence electrons. The Morgan fingerprint density at radius 2 is 1.84 bits per heavy atom. The van der Waals surface area contributed by atoms with E-state index in [9.17, 15) is 19.2 Å². The number of rotatable bonds is 10. The number of fused-ring (bicyclic) bond motifs is 1. The van der Waals surface area contributed by atoms with Crippen LogP contribution in [0.3, 0.4) is 0 Å². The van der Waals surface area contributed by atoms with Crippen molar-refractivity contribution < 1.29 is 23.9 Å². The summed E-state index contributed by atoms with van der Waals surface area (Å²) in [5.41, 5.74) is 2.47. The molecule has 0 radical (unpaired) electrons. The van der Waals surface area contributed by atoms with Crippen molar-refractivity contribution in [3.05, 3.63) is 73.7 Å². The van der Waals surface area contributed by atoms with Gasteiger partial charge in [-0.05, 0) is 41.1 Å². The lowest BCUT2D eigenvalue weighted by Gasteiger charge is -2.17. The van der Waals surface area contributed by atoms with Crippen LogP contribution in [0.25, 0.3) is 10.9 Å². The number of aromatic nitrogens is 2. The molecule has 3 heterocycles. The first kappa shape index (κ1) is 26.0. The van der Waals surface area contributed by atoms with Gasteiger partial charge in [-0.15, -0.1) is 22.7 Å². The number of amides is 3. The van der Waals surface area contributed by atoms with Crippen molar-refractivity contribution in [2.75, 3.05) is 13.7 Å². The van der Waals surface area contributed by atoms with Crippen molar-refractivity contribution in [1.82, 2.24) is 26.1 Å². The molecule has 37 heavy (non-hydrogen) atoms. The lowest BCUT2D eigenvalue weighted by atomic mass is 10.1. The summed E-state index contributed by atoms with van der Waals surface area (Å²) < 4.78 is 4.80. The van der Waals surface area contributed by atoms with E-state index in [1.54, 1.807) is 29.8 Å². The Balaban J connectivity index is 1.43. The van der Waals surface area contributed by atoms with Gasteiger partial charge in [0.2, 0.25) is 0 Å². The highest BCUT2D eigenvalue weighted by Crippen LogP contribution is 2.24. The highest BCUT2D eigenvalue weighted by atomic mass is 32.1. The molecule has 12 heteroatoms. The Kier molecular flexibility index (Phi) is 8.31. The molecule has 0 aliphatic carbocycles. The van der Waals surface area contributed by atoms with Crippen LogP contribution in [0, 0.1) is 0 Å². The zero-order valence-electron chi connectivity index (χ0n) is 20.1. The Bertz CT molecular complexity index is 1430. The molecular formula is C25H25N5O5S2. The molecule has 3 amide bonds. The summed E-state index contributed by atoms with van der Waals surface area (Å²) in [5.74, 6) is -1.88. The smallest absolute Gasteiger partial charge is 0.330 e. The molecule has 0 saturated heterocycles. The first-order valence-corrected chi connectivity index (χ1v) is 13.1. The predicted molar refractivity (Wildman–Crippen MR) is 141 cm³/mol. The van der Waals surface area contributed by atoms with Crippen LogP contribution >= 0.6 is 22.7 Å². The number of carbonyl (C=O) groups is 4. The van der Waals surface area contributed by atoms with E-state index >= 15 is 0 Å². The van der Waals surface area contributed by atoms with Crippen LogP contribution in [0.5, 0.6) is 0 Å². The summed E-state index contributed by atoms with van der Waals surface area (Å²) in [7, 11) is 1.21. The highest BCUT2D eigenvalue weighted by Gasteiger charge is 2.26.